The number of fused-ring (bicyclic) bond motifs is 3. The van der Waals surface area contributed by atoms with Crippen molar-refractivity contribution in [3.05, 3.63) is 150 Å². The van der Waals surface area contributed by atoms with Gasteiger partial charge in [-0.25, -0.2) is 16.8 Å². The van der Waals surface area contributed by atoms with E-state index in [9.17, 15) is 37.4 Å². The van der Waals surface area contributed by atoms with Gasteiger partial charge in [-0.05, 0) is 137 Å². The number of amides is 1. The number of carbonyl (C=O) groups is 1. The van der Waals surface area contributed by atoms with Gasteiger partial charge in [-0.2, -0.15) is 15.8 Å². The number of aromatic nitrogens is 3. The number of nitrogens with one attached hydrogen (secondary N) is 2. The molecule has 21 heteroatoms. The van der Waals surface area contributed by atoms with Crippen molar-refractivity contribution in [2.24, 2.45) is 0 Å². The summed E-state index contributed by atoms with van der Waals surface area (Å²) in [4.78, 5) is 14.6. The Morgan fingerprint density at radius 3 is 1.34 bits per heavy atom. The quantitative estimate of drug-likeness (QED) is 0.0810. The number of sulfonamides is 2. The fourth-order valence-electron chi connectivity index (χ4n) is 10.8. The summed E-state index contributed by atoms with van der Waals surface area (Å²) in [6.45, 7) is 14.6. The monoisotopic (exact) mass is 1220 g/mol. The summed E-state index contributed by atoms with van der Waals surface area (Å²) in [6, 6.07) is 45.8. The third kappa shape index (κ3) is 13.0. The molecule has 4 heterocycles. The normalized spacial score (nSPS) is 13.2. The van der Waals surface area contributed by atoms with Gasteiger partial charge in [0.1, 0.15) is 40.7 Å². The summed E-state index contributed by atoms with van der Waals surface area (Å²) >= 11 is 5.42. The number of carbonyl (C=O) groups excluding carboxylic acids is 1. The van der Waals surface area contributed by atoms with Gasteiger partial charge in [-0.15, -0.1) is 11.6 Å². The zero-order chi connectivity index (χ0) is 61.5. The number of morpholine rings is 1. The van der Waals surface area contributed by atoms with Crippen molar-refractivity contribution < 1.29 is 40.6 Å². The molecule has 86 heavy (non-hydrogen) atoms. The Bertz CT molecular complexity index is 4340. The van der Waals surface area contributed by atoms with Crippen LogP contribution in [0.15, 0.2) is 127 Å². The van der Waals surface area contributed by atoms with Gasteiger partial charge in [0, 0.05) is 84.0 Å². The smallest absolute Gasteiger partial charge is 0.254 e. The topological polar surface area (TPSA) is 236 Å². The van der Waals surface area contributed by atoms with Crippen molar-refractivity contribution in [3.8, 4) is 69.2 Å². The van der Waals surface area contributed by atoms with Gasteiger partial charge >= 0.3 is 0 Å². The Morgan fingerprint density at radius 2 is 0.977 bits per heavy atom. The van der Waals surface area contributed by atoms with Gasteiger partial charge in [0.2, 0.25) is 20.0 Å². The van der Waals surface area contributed by atoms with Crippen LogP contribution in [0.5, 0.6) is 17.2 Å². The van der Waals surface area contributed by atoms with Gasteiger partial charge in [-0.1, -0.05) is 36.4 Å². The summed E-state index contributed by atoms with van der Waals surface area (Å²) in [7, 11) is -3.63. The van der Waals surface area contributed by atoms with Crippen molar-refractivity contribution in [1.82, 2.24) is 18.6 Å². The van der Waals surface area contributed by atoms with Crippen LogP contribution in [-0.4, -0.2) is 98.4 Å². The van der Waals surface area contributed by atoms with Crippen LogP contribution < -0.4 is 23.7 Å². The molecule has 3 aromatic heterocycles. The number of halogens is 1. The van der Waals surface area contributed by atoms with Crippen molar-refractivity contribution in [3.63, 3.8) is 0 Å². The highest BCUT2D eigenvalue weighted by molar-refractivity contribution is 7.94. The maximum Gasteiger partial charge on any atom is 0.254 e. The molecule has 1 aliphatic heterocycles. The summed E-state index contributed by atoms with van der Waals surface area (Å²) < 4.78 is 80.6. The lowest BCUT2D eigenvalue weighted by Gasteiger charge is -2.26. The van der Waals surface area contributed by atoms with E-state index in [-0.39, 0.29) is 17.3 Å². The predicted molar refractivity (Wildman–Crippen MR) is 338 cm³/mol. The number of anilines is 2. The molecule has 2 N–H and O–H groups in total. The number of hydrogen-bond acceptors (Lipinski definition) is 12. The van der Waals surface area contributed by atoms with Crippen LogP contribution in [0.3, 0.4) is 0 Å². The van der Waals surface area contributed by atoms with Gasteiger partial charge in [0.05, 0.1) is 89.1 Å². The summed E-state index contributed by atoms with van der Waals surface area (Å²) in [6.07, 6.45) is 1.52. The number of methoxy groups -OCH3 is 2. The fraction of sp³-hybridized carbons (Fsp3) is 0.292. The Kier molecular flexibility index (Phi) is 19.0. The van der Waals surface area contributed by atoms with Crippen LogP contribution in [0.4, 0.5) is 11.4 Å². The first-order valence-electron chi connectivity index (χ1n) is 28.2. The maximum absolute atomic E-state index is 12.8. The van der Waals surface area contributed by atoms with Gasteiger partial charge in [0.25, 0.3) is 5.91 Å². The summed E-state index contributed by atoms with van der Waals surface area (Å²) in [5, 5.41) is 31.3. The van der Waals surface area contributed by atoms with Crippen molar-refractivity contribution in [2.75, 3.05) is 55.2 Å². The summed E-state index contributed by atoms with van der Waals surface area (Å²) in [5.41, 5.74) is 11.3. The first-order chi connectivity index (χ1) is 41.4. The number of ether oxygens (including phenoxy) is 4. The van der Waals surface area contributed by atoms with E-state index in [1.807, 2.05) is 128 Å². The standard InChI is InChI=1S/C25H27N3O3.C21H21N3O3S.C19H18ClN3O3S/c1-4-28-23-15-20(31-17(2)3)9-10-21(23)22(16-26)24(28)18-5-7-19(8-6-18)25(29)27-11-13-30-14-12-27;1-3-24-20-12-16(27-2)8-11-18(20)19(13-22)21(24)14-4-6-15(7-5-14)23-28(25,26)17-9-10-17;1-3-23-18-10-15(26-2)8-9-16(18)17(11-21)19(23)13-4-6-14(7-5-13)22-27(24,25)12-20/h5-10,15,17H,4,11-14H2,1-3H3;4-8,11-12,17,23H,3,9-10H2,1-2H3;4-10,22H,3,12H2,1-2H3. The minimum Gasteiger partial charge on any atom is -0.497 e. The second kappa shape index (κ2) is 26.5. The van der Waals surface area contributed by atoms with E-state index in [1.165, 1.54) is 0 Å². The van der Waals surface area contributed by atoms with Gasteiger partial charge in [-0.3, -0.25) is 14.2 Å². The van der Waals surface area contributed by atoms with Crippen molar-refractivity contribution in [1.29, 1.82) is 15.8 Å². The second-order valence-corrected chi connectivity index (χ2v) is 24.9. The number of nitrogens with zero attached hydrogens (tertiary/aromatic N) is 7. The maximum atomic E-state index is 12.8. The van der Waals surface area contributed by atoms with Crippen LogP contribution in [0.2, 0.25) is 0 Å². The molecule has 0 spiro atoms. The van der Waals surface area contributed by atoms with Crippen molar-refractivity contribution in [2.45, 2.75) is 78.4 Å². The average molecular weight is 1220 g/mol. The highest BCUT2D eigenvalue weighted by atomic mass is 35.5. The summed E-state index contributed by atoms with van der Waals surface area (Å²) in [5.74, 6) is 2.26. The lowest BCUT2D eigenvalue weighted by atomic mass is 10.0. The Balaban J connectivity index is 0.000000155. The van der Waals surface area contributed by atoms with E-state index < -0.39 is 25.3 Å². The Hall–Kier alpha value is -8.97. The molecule has 18 nitrogen and oxygen atoms in total. The molecule has 0 radical (unpaired) electrons. The fourth-order valence-corrected chi connectivity index (χ4v) is 12.9. The van der Waals surface area contributed by atoms with Crippen LogP contribution in [0.25, 0.3) is 66.5 Å². The average Bonchev–Trinajstić information content (AvgIpc) is 1.76. The molecular formula is C65H66ClN9O9S2. The third-order valence-electron chi connectivity index (χ3n) is 14.9. The van der Waals surface area contributed by atoms with E-state index in [0.29, 0.717) is 79.6 Å². The molecule has 2 aliphatic rings. The first kappa shape index (κ1) is 61.6. The van der Waals surface area contributed by atoms with Crippen LogP contribution in [0, 0.1) is 34.0 Å². The van der Waals surface area contributed by atoms with E-state index in [1.54, 1.807) is 50.6 Å². The van der Waals surface area contributed by atoms with Gasteiger partial charge < -0.3 is 37.5 Å². The number of aryl methyl sites for hydroxylation is 3. The molecule has 0 unspecified atom stereocenters. The minimum absolute atomic E-state index is 0.0156. The molecule has 9 aromatic rings. The molecule has 1 amide bonds. The molecular weight excluding hydrogens is 1150 g/mol. The number of alkyl halides is 1. The lowest BCUT2D eigenvalue weighted by Crippen LogP contribution is -2.40. The van der Waals surface area contributed by atoms with Crippen LogP contribution in [0.1, 0.15) is 74.5 Å². The Labute approximate surface area is 506 Å². The number of benzene rings is 6. The number of rotatable bonds is 17. The molecule has 444 valence electrons. The highest BCUT2D eigenvalue weighted by Gasteiger charge is 2.36. The lowest BCUT2D eigenvalue weighted by molar-refractivity contribution is 0.0303. The predicted octanol–water partition coefficient (Wildman–Crippen LogP) is 12.7. The number of nitriles is 3. The molecule has 2 fully saturated rings. The zero-order valence-corrected chi connectivity index (χ0v) is 51.2. The highest BCUT2D eigenvalue weighted by Crippen LogP contribution is 2.39. The number of hydrogen-bond donors (Lipinski definition) is 2. The molecule has 6 aromatic carbocycles. The second-order valence-electron chi connectivity index (χ2n) is 20.7. The molecule has 1 saturated carbocycles. The minimum atomic E-state index is -3.56. The van der Waals surface area contributed by atoms with Crippen LogP contribution in [-0.2, 0) is 44.4 Å². The van der Waals surface area contributed by atoms with E-state index in [4.69, 9.17) is 30.5 Å². The van der Waals surface area contributed by atoms with E-state index in [2.05, 4.69) is 43.7 Å². The van der Waals surface area contributed by atoms with E-state index >= 15 is 0 Å². The van der Waals surface area contributed by atoms with Crippen LogP contribution >= 0.6 is 11.6 Å². The molecule has 11 rings (SSSR count). The van der Waals surface area contributed by atoms with Gasteiger partial charge in [0.15, 0.2) is 0 Å². The Morgan fingerprint density at radius 1 is 0.593 bits per heavy atom. The molecule has 0 bridgehead atoms. The first-order valence-corrected chi connectivity index (χ1v) is 31.9. The van der Waals surface area contributed by atoms with E-state index in [0.717, 1.165) is 96.6 Å². The molecule has 0 atom stereocenters. The molecule has 1 aliphatic carbocycles. The zero-order valence-electron chi connectivity index (χ0n) is 48.8. The largest absolute Gasteiger partial charge is 0.497 e. The third-order valence-corrected chi connectivity index (χ3v) is 18.5. The molecule has 1 saturated heterocycles. The van der Waals surface area contributed by atoms with Crippen molar-refractivity contribution >= 4 is 81.6 Å². The SMILES string of the molecule is CCn1c(-c2ccc(C(=O)N3CCOCC3)cc2)c(C#N)c2ccc(OC(C)C)cc21.CCn1c(-c2ccc(NS(=O)(=O)C3CC3)cc2)c(C#N)c2ccc(OC)cc21.CCn1c(-c2ccc(NS(=O)(=O)CCl)cc2)c(C#N)c2ccc(OC)cc21.